The largest absolute Gasteiger partial charge is 0.360 e. The second-order valence-corrected chi connectivity index (χ2v) is 8.55. The van der Waals surface area contributed by atoms with Crippen LogP contribution in [-0.2, 0) is 21.2 Å². The minimum Gasteiger partial charge on any atom is -0.360 e. The van der Waals surface area contributed by atoms with Crippen LogP contribution in [0.3, 0.4) is 0 Å². The number of anilines is 2. The first-order valence-corrected chi connectivity index (χ1v) is 11.0. The summed E-state index contributed by atoms with van der Waals surface area (Å²) in [4.78, 5) is 12.0. The van der Waals surface area contributed by atoms with E-state index in [2.05, 4.69) is 20.8 Å². The maximum atomic E-state index is 12.0. The highest BCUT2D eigenvalue weighted by molar-refractivity contribution is 7.89. The van der Waals surface area contributed by atoms with Crippen molar-refractivity contribution in [1.29, 1.82) is 0 Å². The lowest BCUT2D eigenvalue weighted by molar-refractivity contribution is -0.111. The van der Waals surface area contributed by atoms with Gasteiger partial charge in [-0.2, -0.15) is 0 Å². The molecule has 0 aliphatic rings. The van der Waals surface area contributed by atoms with E-state index in [0.29, 0.717) is 23.2 Å². The van der Waals surface area contributed by atoms with Crippen molar-refractivity contribution in [2.75, 3.05) is 17.2 Å². The van der Waals surface area contributed by atoms with Crippen LogP contribution in [0.1, 0.15) is 11.1 Å². The second kappa shape index (κ2) is 9.41. The summed E-state index contributed by atoms with van der Waals surface area (Å²) in [6.45, 7) is 0.575. The van der Waals surface area contributed by atoms with Crippen molar-refractivity contribution >= 4 is 43.6 Å². The number of hydrogen-bond donors (Lipinski definition) is 3. The molecule has 0 saturated carbocycles. The second-order valence-electron chi connectivity index (χ2n) is 6.01. The Kier molecular flexibility index (Phi) is 6.70. The molecule has 2 aromatic carbocycles. The molecule has 0 fully saturated rings. The number of carbonyl (C=O) groups is 1. The Labute approximate surface area is 172 Å². The van der Waals surface area contributed by atoms with E-state index in [9.17, 15) is 13.2 Å². The van der Waals surface area contributed by atoms with Gasteiger partial charge in [0.15, 0.2) is 0 Å². The van der Waals surface area contributed by atoms with E-state index in [1.54, 1.807) is 18.2 Å². The van der Waals surface area contributed by atoms with Gasteiger partial charge in [0.1, 0.15) is 0 Å². The van der Waals surface area contributed by atoms with E-state index < -0.39 is 10.0 Å². The number of sulfonamides is 1. The number of nitrogens with zero attached hydrogens (tertiary/aromatic N) is 2. The quantitative estimate of drug-likeness (QED) is 0.472. The average molecular weight is 430 g/mol. The molecule has 0 radical (unpaired) electrons. The standard InChI is InChI=1S/C19H19N5O3S2/c20-29(26,27)16-9-6-15(7-10-16)12-13-21-18-23-24-19(28-18)22-17(25)11-8-14-4-2-1-3-5-14/h1-11H,12-13H2,(H,21,23)(H2,20,26,27)(H,22,24,25)/b11-8+. The van der Waals surface area contributed by atoms with Crippen LogP contribution in [0.5, 0.6) is 0 Å². The Morgan fingerprint density at radius 1 is 1.03 bits per heavy atom. The van der Waals surface area contributed by atoms with Gasteiger partial charge in [-0.15, -0.1) is 10.2 Å². The fourth-order valence-electron chi connectivity index (χ4n) is 2.39. The fourth-order valence-corrected chi connectivity index (χ4v) is 3.58. The summed E-state index contributed by atoms with van der Waals surface area (Å²) in [5.41, 5.74) is 1.88. The number of benzene rings is 2. The molecule has 0 bridgehead atoms. The summed E-state index contributed by atoms with van der Waals surface area (Å²) in [6.07, 6.45) is 3.82. The maximum Gasteiger partial charge on any atom is 0.250 e. The molecule has 0 spiro atoms. The Morgan fingerprint density at radius 3 is 2.41 bits per heavy atom. The van der Waals surface area contributed by atoms with Crippen molar-refractivity contribution < 1.29 is 13.2 Å². The molecule has 0 saturated heterocycles. The molecule has 10 heteroatoms. The highest BCUT2D eigenvalue weighted by atomic mass is 32.2. The van der Waals surface area contributed by atoms with Gasteiger partial charge in [0.25, 0.3) is 0 Å². The Hall–Kier alpha value is -3.08. The van der Waals surface area contributed by atoms with Gasteiger partial charge in [0.2, 0.25) is 26.2 Å². The summed E-state index contributed by atoms with van der Waals surface area (Å²) in [6, 6.07) is 15.9. The SMILES string of the molecule is NS(=O)(=O)c1ccc(CCNc2nnc(NC(=O)/C=C/c3ccccc3)s2)cc1. The van der Waals surface area contributed by atoms with Crippen LogP contribution >= 0.6 is 11.3 Å². The lowest BCUT2D eigenvalue weighted by Gasteiger charge is -2.04. The summed E-state index contributed by atoms with van der Waals surface area (Å²) in [5.74, 6) is -0.286. The lowest BCUT2D eigenvalue weighted by atomic mass is 10.1. The van der Waals surface area contributed by atoms with Gasteiger partial charge in [-0.3, -0.25) is 10.1 Å². The molecule has 29 heavy (non-hydrogen) atoms. The average Bonchev–Trinajstić information content (AvgIpc) is 3.14. The van der Waals surface area contributed by atoms with E-state index in [4.69, 9.17) is 5.14 Å². The minimum absolute atomic E-state index is 0.0834. The Morgan fingerprint density at radius 2 is 1.72 bits per heavy atom. The molecule has 1 amide bonds. The molecular weight excluding hydrogens is 410 g/mol. The molecule has 1 aromatic heterocycles. The van der Waals surface area contributed by atoms with E-state index in [1.165, 1.54) is 29.5 Å². The van der Waals surface area contributed by atoms with E-state index in [0.717, 1.165) is 11.1 Å². The molecule has 0 aliphatic carbocycles. The van der Waals surface area contributed by atoms with E-state index in [-0.39, 0.29) is 10.8 Å². The smallest absolute Gasteiger partial charge is 0.250 e. The van der Waals surface area contributed by atoms with Gasteiger partial charge < -0.3 is 5.32 Å². The first kappa shape index (κ1) is 20.6. The highest BCUT2D eigenvalue weighted by Crippen LogP contribution is 2.20. The van der Waals surface area contributed by atoms with Crippen LogP contribution in [-0.4, -0.2) is 31.1 Å². The molecule has 4 N–H and O–H groups in total. The normalized spacial score (nSPS) is 11.5. The van der Waals surface area contributed by atoms with Crippen molar-refractivity contribution in [3.05, 3.63) is 71.8 Å². The molecule has 1 heterocycles. The summed E-state index contributed by atoms with van der Waals surface area (Å²) >= 11 is 1.23. The number of amides is 1. The van der Waals surface area contributed by atoms with E-state index in [1.807, 2.05) is 30.3 Å². The number of primary sulfonamides is 1. The van der Waals surface area contributed by atoms with Gasteiger partial charge in [-0.1, -0.05) is 53.8 Å². The van der Waals surface area contributed by atoms with Crippen LogP contribution < -0.4 is 15.8 Å². The lowest BCUT2D eigenvalue weighted by Crippen LogP contribution is -2.12. The maximum absolute atomic E-state index is 12.0. The predicted octanol–water partition coefficient (Wildman–Crippen LogP) is 2.49. The first-order valence-electron chi connectivity index (χ1n) is 8.63. The molecule has 3 rings (SSSR count). The number of aromatic nitrogens is 2. The zero-order chi connectivity index (χ0) is 20.7. The topological polar surface area (TPSA) is 127 Å². The Balaban J connectivity index is 1.46. The molecule has 0 unspecified atom stereocenters. The van der Waals surface area contributed by atoms with Crippen LogP contribution in [0.4, 0.5) is 10.3 Å². The Bertz CT molecular complexity index is 1090. The number of nitrogens with two attached hydrogens (primary N) is 1. The minimum atomic E-state index is -3.68. The van der Waals surface area contributed by atoms with Crippen molar-refractivity contribution in [2.45, 2.75) is 11.3 Å². The third kappa shape index (κ3) is 6.49. The molecule has 8 nitrogen and oxygen atoms in total. The number of hydrogen-bond acceptors (Lipinski definition) is 7. The van der Waals surface area contributed by atoms with Gasteiger partial charge in [-0.25, -0.2) is 13.6 Å². The van der Waals surface area contributed by atoms with Gasteiger partial charge in [-0.05, 0) is 35.8 Å². The number of carbonyl (C=O) groups excluding carboxylic acids is 1. The fraction of sp³-hybridized carbons (Fsp3) is 0.105. The van der Waals surface area contributed by atoms with Gasteiger partial charge in [0.05, 0.1) is 4.90 Å². The molecular formula is C19H19N5O3S2. The van der Waals surface area contributed by atoms with Crippen molar-refractivity contribution in [3.63, 3.8) is 0 Å². The molecule has 0 aliphatic heterocycles. The summed E-state index contributed by atoms with van der Waals surface area (Å²) in [7, 11) is -3.68. The zero-order valence-corrected chi connectivity index (χ0v) is 16.9. The number of nitrogens with one attached hydrogen (secondary N) is 2. The third-order valence-electron chi connectivity index (χ3n) is 3.82. The van der Waals surface area contributed by atoms with Gasteiger partial charge >= 0.3 is 0 Å². The van der Waals surface area contributed by atoms with Crippen LogP contribution in [0.25, 0.3) is 6.08 Å². The first-order chi connectivity index (χ1) is 13.9. The van der Waals surface area contributed by atoms with Crippen LogP contribution in [0, 0.1) is 0 Å². The highest BCUT2D eigenvalue weighted by Gasteiger charge is 2.08. The monoisotopic (exact) mass is 429 g/mol. The van der Waals surface area contributed by atoms with Gasteiger partial charge in [0, 0.05) is 12.6 Å². The summed E-state index contributed by atoms with van der Waals surface area (Å²) < 4.78 is 22.5. The van der Waals surface area contributed by atoms with Crippen molar-refractivity contribution in [2.24, 2.45) is 5.14 Å². The van der Waals surface area contributed by atoms with Crippen LogP contribution in [0.15, 0.2) is 65.6 Å². The van der Waals surface area contributed by atoms with E-state index >= 15 is 0 Å². The summed E-state index contributed by atoms with van der Waals surface area (Å²) in [5, 5.41) is 19.8. The third-order valence-corrected chi connectivity index (χ3v) is 5.55. The zero-order valence-electron chi connectivity index (χ0n) is 15.3. The molecule has 150 valence electrons. The van der Waals surface area contributed by atoms with Crippen molar-refractivity contribution in [1.82, 2.24) is 10.2 Å². The number of rotatable bonds is 8. The predicted molar refractivity (Wildman–Crippen MR) is 114 cm³/mol. The molecule has 3 aromatic rings. The van der Waals surface area contributed by atoms with Crippen molar-refractivity contribution in [3.8, 4) is 0 Å². The molecule has 0 atom stereocenters. The van der Waals surface area contributed by atoms with Crippen LogP contribution in [0.2, 0.25) is 0 Å².